The molecular weight excluding hydrogens is 372 g/mol. The van der Waals surface area contributed by atoms with Gasteiger partial charge in [-0.3, -0.25) is 0 Å². The Morgan fingerprint density at radius 1 is 1.37 bits per heavy atom. The van der Waals surface area contributed by atoms with Crippen molar-refractivity contribution >= 4 is 26.8 Å². The fourth-order valence-electron chi connectivity index (χ4n) is 3.57. The van der Waals surface area contributed by atoms with Crippen LogP contribution in [0.15, 0.2) is 18.3 Å². The summed E-state index contributed by atoms with van der Waals surface area (Å²) in [5.74, 6) is -0.218. The molecular formula is C18H21F2N5OS. The van der Waals surface area contributed by atoms with E-state index in [-0.39, 0.29) is 11.3 Å². The smallest absolute Gasteiger partial charge is 0.263 e. The van der Waals surface area contributed by atoms with Crippen LogP contribution in [-0.2, 0) is 0 Å². The molecule has 0 bridgehead atoms. The van der Waals surface area contributed by atoms with Crippen molar-refractivity contribution in [1.29, 1.82) is 0 Å². The van der Waals surface area contributed by atoms with Crippen molar-refractivity contribution in [2.45, 2.75) is 32.2 Å². The number of hydrogen-bond donors (Lipinski definition) is 2. The standard InChI is InChI=1S/C18H21F2N5OS/c1-10-6-11(16(19)20)7-13(26)15(10)25-9-14-17(23-25)22-18(27-14)21-12-4-3-5-24(2)8-12/h6-7,9,12,16,26H,3-5,8H2,1-2H3,(H,21,22,23)/t12-/m1/s1. The van der Waals surface area contributed by atoms with E-state index >= 15 is 0 Å². The SMILES string of the molecule is Cc1cc(C(F)F)cc(O)c1-n1cc2sc(N[C@@H]3CCCN(C)C3)nc2n1. The van der Waals surface area contributed by atoms with Crippen LogP contribution in [0, 0.1) is 6.92 Å². The Kier molecular flexibility index (Phi) is 4.73. The molecule has 0 aliphatic carbocycles. The fraction of sp³-hybridized carbons (Fsp3) is 0.444. The van der Waals surface area contributed by atoms with Gasteiger partial charge in [-0.25, -0.2) is 13.5 Å². The first-order valence-corrected chi connectivity index (χ1v) is 9.65. The van der Waals surface area contributed by atoms with Gasteiger partial charge in [0.25, 0.3) is 6.43 Å². The minimum atomic E-state index is -2.63. The number of halogens is 2. The second kappa shape index (κ2) is 7.05. The molecule has 0 spiro atoms. The molecule has 4 rings (SSSR count). The number of piperidine rings is 1. The van der Waals surface area contributed by atoms with Crippen molar-refractivity contribution < 1.29 is 13.9 Å². The third-order valence-electron chi connectivity index (χ3n) is 4.81. The molecule has 1 atom stereocenters. The zero-order chi connectivity index (χ0) is 19.1. The van der Waals surface area contributed by atoms with Crippen molar-refractivity contribution in [2.75, 3.05) is 25.5 Å². The molecule has 0 unspecified atom stereocenters. The molecule has 2 N–H and O–H groups in total. The van der Waals surface area contributed by atoms with Crippen molar-refractivity contribution in [3.63, 3.8) is 0 Å². The summed E-state index contributed by atoms with van der Waals surface area (Å²) >= 11 is 1.50. The summed E-state index contributed by atoms with van der Waals surface area (Å²) in [4.78, 5) is 6.84. The minimum Gasteiger partial charge on any atom is -0.506 e. The van der Waals surface area contributed by atoms with Crippen LogP contribution in [0.1, 0.15) is 30.4 Å². The summed E-state index contributed by atoms with van der Waals surface area (Å²) in [6, 6.07) is 2.83. The number of nitrogens with one attached hydrogen (secondary N) is 1. The number of thiazole rings is 1. The van der Waals surface area contributed by atoms with E-state index in [1.807, 2.05) is 0 Å². The van der Waals surface area contributed by atoms with Crippen LogP contribution >= 0.6 is 11.3 Å². The van der Waals surface area contributed by atoms with Gasteiger partial charge in [0.2, 0.25) is 0 Å². The quantitative estimate of drug-likeness (QED) is 0.703. The summed E-state index contributed by atoms with van der Waals surface area (Å²) in [6.07, 6.45) is 1.43. The Morgan fingerprint density at radius 3 is 2.85 bits per heavy atom. The van der Waals surface area contributed by atoms with E-state index < -0.39 is 6.43 Å². The highest BCUT2D eigenvalue weighted by Crippen LogP contribution is 2.33. The highest BCUT2D eigenvalue weighted by atomic mass is 32.1. The number of hydrogen-bond acceptors (Lipinski definition) is 6. The van der Waals surface area contributed by atoms with E-state index in [0.29, 0.717) is 22.9 Å². The molecule has 144 valence electrons. The van der Waals surface area contributed by atoms with Crippen LogP contribution in [0.25, 0.3) is 16.0 Å². The first-order chi connectivity index (χ1) is 12.9. The highest BCUT2D eigenvalue weighted by Gasteiger charge is 2.20. The van der Waals surface area contributed by atoms with E-state index in [1.165, 1.54) is 22.1 Å². The van der Waals surface area contributed by atoms with Gasteiger partial charge in [0.15, 0.2) is 10.8 Å². The lowest BCUT2D eigenvalue weighted by Crippen LogP contribution is -2.39. The van der Waals surface area contributed by atoms with Crippen molar-refractivity contribution in [3.8, 4) is 11.4 Å². The second-order valence-corrected chi connectivity index (χ2v) is 8.06. The van der Waals surface area contributed by atoms with Gasteiger partial charge >= 0.3 is 0 Å². The summed E-state index contributed by atoms with van der Waals surface area (Å²) in [5.41, 5.74) is 1.30. The largest absolute Gasteiger partial charge is 0.506 e. The summed E-state index contributed by atoms with van der Waals surface area (Å²) in [7, 11) is 2.12. The maximum Gasteiger partial charge on any atom is 0.263 e. The molecule has 6 nitrogen and oxygen atoms in total. The average Bonchev–Trinajstić information content (AvgIpc) is 3.12. The molecule has 0 amide bonds. The van der Waals surface area contributed by atoms with Gasteiger partial charge in [0, 0.05) is 18.2 Å². The van der Waals surface area contributed by atoms with Gasteiger partial charge in [-0.15, -0.1) is 5.10 Å². The number of phenols is 1. The number of phenolic OH excluding ortho intramolecular Hbond substituents is 1. The van der Waals surface area contributed by atoms with Crippen LogP contribution in [-0.4, -0.2) is 50.9 Å². The first kappa shape index (κ1) is 18.1. The van der Waals surface area contributed by atoms with Gasteiger partial charge in [-0.1, -0.05) is 11.3 Å². The Morgan fingerprint density at radius 2 is 2.19 bits per heavy atom. The predicted octanol–water partition coefficient (Wildman–Crippen LogP) is 3.94. The number of aromatic hydroxyl groups is 1. The van der Waals surface area contributed by atoms with Crippen LogP contribution in [0.3, 0.4) is 0 Å². The summed E-state index contributed by atoms with van der Waals surface area (Å²) in [5, 5.41) is 18.9. The maximum absolute atomic E-state index is 12.9. The minimum absolute atomic E-state index is 0.204. The Hall–Kier alpha value is -2.26. The summed E-state index contributed by atoms with van der Waals surface area (Å²) < 4.78 is 28.2. The molecule has 3 heterocycles. The van der Waals surface area contributed by atoms with E-state index in [9.17, 15) is 13.9 Å². The van der Waals surface area contributed by atoms with Crippen LogP contribution in [0.5, 0.6) is 5.75 Å². The predicted molar refractivity (Wildman–Crippen MR) is 102 cm³/mol. The molecule has 0 saturated carbocycles. The normalized spacial score (nSPS) is 18.5. The molecule has 1 fully saturated rings. The van der Waals surface area contributed by atoms with Gasteiger partial charge in [-0.05, 0) is 51.1 Å². The number of rotatable bonds is 4. The zero-order valence-corrected chi connectivity index (χ0v) is 15.9. The summed E-state index contributed by atoms with van der Waals surface area (Å²) in [6.45, 7) is 3.79. The number of benzene rings is 1. The third kappa shape index (κ3) is 3.61. The van der Waals surface area contributed by atoms with Gasteiger partial charge < -0.3 is 15.3 Å². The van der Waals surface area contributed by atoms with Gasteiger partial charge in [0.1, 0.15) is 11.4 Å². The Bertz CT molecular complexity index is 915. The molecule has 1 aliphatic rings. The number of likely N-dealkylation sites (tertiary alicyclic amines) is 1. The number of anilines is 1. The van der Waals surface area contributed by atoms with Crippen LogP contribution in [0.2, 0.25) is 0 Å². The van der Waals surface area contributed by atoms with Crippen molar-refractivity contribution in [1.82, 2.24) is 19.7 Å². The number of alkyl halides is 2. The van der Waals surface area contributed by atoms with Gasteiger partial charge in [0.05, 0.1) is 10.9 Å². The van der Waals surface area contributed by atoms with Crippen molar-refractivity contribution in [3.05, 3.63) is 29.5 Å². The van der Waals surface area contributed by atoms with E-state index in [0.717, 1.165) is 41.8 Å². The zero-order valence-electron chi connectivity index (χ0n) is 15.1. The number of fused-ring (bicyclic) bond motifs is 1. The second-order valence-electron chi connectivity index (χ2n) is 7.03. The van der Waals surface area contributed by atoms with E-state index in [2.05, 4.69) is 27.3 Å². The molecule has 3 aromatic rings. The Balaban J connectivity index is 1.59. The lowest BCUT2D eigenvalue weighted by atomic mass is 10.1. The lowest BCUT2D eigenvalue weighted by Gasteiger charge is -2.29. The first-order valence-electron chi connectivity index (χ1n) is 8.84. The fourth-order valence-corrected chi connectivity index (χ4v) is 4.47. The number of likely N-dealkylation sites (N-methyl/N-ethyl adjacent to an activating group) is 1. The van der Waals surface area contributed by atoms with Gasteiger partial charge in [-0.2, -0.15) is 4.98 Å². The van der Waals surface area contributed by atoms with Crippen LogP contribution < -0.4 is 5.32 Å². The monoisotopic (exact) mass is 393 g/mol. The number of aromatic nitrogens is 3. The van der Waals surface area contributed by atoms with E-state index in [1.54, 1.807) is 13.1 Å². The molecule has 27 heavy (non-hydrogen) atoms. The highest BCUT2D eigenvalue weighted by molar-refractivity contribution is 7.22. The average molecular weight is 393 g/mol. The molecule has 1 aliphatic heterocycles. The van der Waals surface area contributed by atoms with Crippen molar-refractivity contribution in [2.24, 2.45) is 0 Å². The number of aryl methyl sites for hydroxylation is 1. The molecule has 1 aromatic carbocycles. The number of nitrogens with zero attached hydrogens (tertiary/aromatic N) is 4. The molecule has 0 radical (unpaired) electrons. The topological polar surface area (TPSA) is 66.2 Å². The molecule has 2 aromatic heterocycles. The van der Waals surface area contributed by atoms with Crippen LogP contribution in [0.4, 0.5) is 13.9 Å². The van der Waals surface area contributed by atoms with E-state index in [4.69, 9.17) is 0 Å². The third-order valence-corrected chi connectivity index (χ3v) is 5.72. The maximum atomic E-state index is 12.9. The molecule has 1 saturated heterocycles. The molecule has 9 heteroatoms. The lowest BCUT2D eigenvalue weighted by molar-refractivity contribution is 0.151. The Labute approximate surface area is 159 Å².